The van der Waals surface area contributed by atoms with Gasteiger partial charge in [-0.1, -0.05) is 26.0 Å². The summed E-state index contributed by atoms with van der Waals surface area (Å²) in [6.07, 6.45) is 2.11. The van der Waals surface area contributed by atoms with Crippen LogP contribution in [0, 0.1) is 5.92 Å². The molecular formula is C15H21ClN2O. The first-order chi connectivity index (χ1) is 8.97. The topological polar surface area (TPSA) is 32.3 Å². The number of carbonyl (C=O) groups is 1. The molecule has 1 unspecified atom stereocenters. The van der Waals surface area contributed by atoms with Crippen molar-refractivity contribution in [1.82, 2.24) is 4.90 Å². The predicted octanol–water partition coefficient (Wildman–Crippen LogP) is 4.38. The molecule has 1 aliphatic rings. The van der Waals surface area contributed by atoms with Crippen LogP contribution in [0.3, 0.4) is 0 Å². The molecule has 1 aromatic rings. The second kappa shape index (κ2) is 5.83. The number of rotatable bonds is 4. The van der Waals surface area contributed by atoms with Crippen molar-refractivity contribution in [2.24, 2.45) is 5.92 Å². The zero-order valence-electron chi connectivity index (χ0n) is 11.7. The van der Waals surface area contributed by atoms with Crippen molar-refractivity contribution in [3.63, 3.8) is 0 Å². The Bertz CT molecular complexity index is 473. The summed E-state index contributed by atoms with van der Waals surface area (Å²) >= 11 is 6.46. The molecule has 0 bridgehead atoms. The van der Waals surface area contributed by atoms with Crippen molar-refractivity contribution in [3.05, 3.63) is 29.3 Å². The fourth-order valence-corrected chi connectivity index (χ4v) is 2.51. The SMILES string of the molecule is CC(C)CCC(Cl)c1ccc2c(c1)CN(C)C(=O)N2. The zero-order chi connectivity index (χ0) is 14.0. The number of alkyl halides is 1. The molecule has 3 nitrogen and oxygen atoms in total. The summed E-state index contributed by atoms with van der Waals surface area (Å²) in [5.41, 5.74) is 3.18. The van der Waals surface area contributed by atoms with Gasteiger partial charge in [-0.3, -0.25) is 0 Å². The number of fused-ring (bicyclic) bond motifs is 1. The number of hydrogen-bond donors (Lipinski definition) is 1. The van der Waals surface area contributed by atoms with Gasteiger partial charge >= 0.3 is 6.03 Å². The fourth-order valence-electron chi connectivity index (χ4n) is 2.25. The predicted molar refractivity (Wildman–Crippen MR) is 79.6 cm³/mol. The molecule has 1 atom stereocenters. The average Bonchev–Trinajstić information content (AvgIpc) is 2.36. The molecule has 0 spiro atoms. The highest BCUT2D eigenvalue weighted by Gasteiger charge is 2.20. The first kappa shape index (κ1) is 14.2. The lowest BCUT2D eigenvalue weighted by Gasteiger charge is -2.26. The first-order valence-corrected chi connectivity index (χ1v) is 7.20. The van der Waals surface area contributed by atoms with Crippen LogP contribution in [-0.4, -0.2) is 18.0 Å². The van der Waals surface area contributed by atoms with Crippen LogP contribution in [0.15, 0.2) is 18.2 Å². The summed E-state index contributed by atoms with van der Waals surface area (Å²) < 4.78 is 0. The van der Waals surface area contributed by atoms with Gasteiger partial charge in [-0.05, 0) is 36.0 Å². The smallest absolute Gasteiger partial charge is 0.321 e. The van der Waals surface area contributed by atoms with E-state index in [0.29, 0.717) is 12.5 Å². The van der Waals surface area contributed by atoms with E-state index < -0.39 is 0 Å². The van der Waals surface area contributed by atoms with Crippen molar-refractivity contribution >= 4 is 23.3 Å². The second-order valence-corrected chi connectivity index (χ2v) is 6.17. The van der Waals surface area contributed by atoms with Crippen LogP contribution in [0.5, 0.6) is 0 Å². The summed E-state index contributed by atoms with van der Waals surface area (Å²) in [4.78, 5) is 13.2. The van der Waals surface area contributed by atoms with E-state index in [1.54, 1.807) is 11.9 Å². The minimum absolute atomic E-state index is 0.0515. The summed E-state index contributed by atoms with van der Waals surface area (Å²) in [5.74, 6) is 0.671. The maximum absolute atomic E-state index is 11.5. The maximum atomic E-state index is 11.5. The fraction of sp³-hybridized carbons (Fsp3) is 0.533. The van der Waals surface area contributed by atoms with Crippen LogP contribution < -0.4 is 5.32 Å². The van der Waals surface area contributed by atoms with Gasteiger partial charge in [0.1, 0.15) is 0 Å². The third kappa shape index (κ3) is 3.41. The van der Waals surface area contributed by atoms with Crippen LogP contribution >= 0.6 is 11.6 Å². The molecule has 1 aromatic carbocycles. The van der Waals surface area contributed by atoms with Crippen LogP contribution in [-0.2, 0) is 6.54 Å². The second-order valence-electron chi connectivity index (χ2n) is 5.64. The van der Waals surface area contributed by atoms with Gasteiger partial charge in [-0.25, -0.2) is 4.79 Å². The highest BCUT2D eigenvalue weighted by Crippen LogP contribution is 2.31. The molecule has 19 heavy (non-hydrogen) atoms. The third-order valence-electron chi connectivity index (χ3n) is 3.48. The van der Waals surface area contributed by atoms with Gasteiger partial charge in [0.25, 0.3) is 0 Å². The number of benzene rings is 1. The number of nitrogens with zero attached hydrogens (tertiary/aromatic N) is 1. The number of halogens is 1. The lowest BCUT2D eigenvalue weighted by molar-refractivity contribution is 0.218. The lowest BCUT2D eigenvalue weighted by Crippen LogP contribution is -2.35. The minimum atomic E-state index is -0.0533. The first-order valence-electron chi connectivity index (χ1n) is 6.76. The van der Waals surface area contributed by atoms with Gasteiger partial charge in [0, 0.05) is 19.3 Å². The average molecular weight is 281 g/mol. The number of nitrogens with one attached hydrogen (secondary N) is 1. The highest BCUT2D eigenvalue weighted by molar-refractivity contribution is 6.20. The molecule has 0 aliphatic carbocycles. The molecule has 0 fully saturated rings. The van der Waals surface area contributed by atoms with Gasteiger partial charge in [0.2, 0.25) is 0 Å². The molecule has 2 rings (SSSR count). The molecule has 0 saturated heterocycles. The zero-order valence-corrected chi connectivity index (χ0v) is 12.5. The summed E-state index contributed by atoms with van der Waals surface area (Å²) in [7, 11) is 1.79. The van der Waals surface area contributed by atoms with Gasteiger partial charge in [0.05, 0.1) is 5.38 Å². The van der Waals surface area contributed by atoms with Crippen LogP contribution in [0.1, 0.15) is 43.2 Å². The normalized spacial score (nSPS) is 16.3. The van der Waals surface area contributed by atoms with Gasteiger partial charge in [-0.2, -0.15) is 0 Å². The Morgan fingerprint density at radius 1 is 1.37 bits per heavy atom. The molecule has 0 aromatic heterocycles. The molecule has 4 heteroatoms. The van der Waals surface area contributed by atoms with E-state index in [4.69, 9.17) is 11.6 Å². The Labute approximate surface area is 119 Å². The van der Waals surface area contributed by atoms with E-state index >= 15 is 0 Å². The van der Waals surface area contributed by atoms with E-state index in [0.717, 1.165) is 29.7 Å². The Kier molecular flexibility index (Phi) is 4.35. The lowest BCUT2D eigenvalue weighted by atomic mass is 9.99. The number of carbonyl (C=O) groups excluding carboxylic acids is 1. The quantitative estimate of drug-likeness (QED) is 0.816. The monoisotopic (exact) mass is 280 g/mol. The third-order valence-corrected chi connectivity index (χ3v) is 3.95. The van der Waals surface area contributed by atoms with Crippen molar-refractivity contribution in [3.8, 4) is 0 Å². The summed E-state index contributed by atoms with van der Waals surface area (Å²) in [6.45, 7) is 5.06. The Morgan fingerprint density at radius 3 is 2.79 bits per heavy atom. The number of amides is 2. The van der Waals surface area contributed by atoms with Crippen LogP contribution in [0.2, 0.25) is 0 Å². The van der Waals surface area contributed by atoms with Crippen molar-refractivity contribution in [1.29, 1.82) is 0 Å². The summed E-state index contributed by atoms with van der Waals surface area (Å²) in [5, 5.41) is 2.92. The molecule has 0 saturated carbocycles. The molecular weight excluding hydrogens is 260 g/mol. The summed E-state index contributed by atoms with van der Waals surface area (Å²) in [6, 6.07) is 6.04. The molecule has 1 N–H and O–H groups in total. The molecule has 2 amide bonds. The number of anilines is 1. The van der Waals surface area contributed by atoms with E-state index in [2.05, 4.69) is 25.2 Å². The Hall–Kier alpha value is -1.22. The van der Waals surface area contributed by atoms with Gasteiger partial charge in [-0.15, -0.1) is 11.6 Å². The molecule has 1 heterocycles. The van der Waals surface area contributed by atoms with Crippen molar-refractivity contribution in [2.45, 2.75) is 38.6 Å². The molecule has 1 aliphatic heterocycles. The largest absolute Gasteiger partial charge is 0.323 e. The highest BCUT2D eigenvalue weighted by atomic mass is 35.5. The Balaban J connectivity index is 2.12. The molecule has 0 radical (unpaired) electrons. The van der Waals surface area contributed by atoms with Crippen LogP contribution in [0.4, 0.5) is 10.5 Å². The Morgan fingerprint density at radius 2 is 2.11 bits per heavy atom. The van der Waals surface area contributed by atoms with Gasteiger partial charge < -0.3 is 10.2 Å². The molecule has 104 valence electrons. The van der Waals surface area contributed by atoms with Crippen molar-refractivity contribution in [2.75, 3.05) is 12.4 Å². The number of hydrogen-bond acceptors (Lipinski definition) is 1. The van der Waals surface area contributed by atoms with Crippen molar-refractivity contribution < 1.29 is 4.79 Å². The maximum Gasteiger partial charge on any atom is 0.321 e. The minimum Gasteiger partial charge on any atom is -0.323 e. The standard InChI is InChI=1S/C15H21ClN2O/c1-10(2)4-6-13(16)11-5-7-14-12(8-11)9-18(3)15(19)17-14/h5,7-8,10,13H,4,6,9H2,1-3H3,(H,17,19). The number of urea groups is 1. The van der Waals surface area contributed by atoms with Gasteiger partial charge in [0.15, 0.2) is 0 Å². The van der Waals surface area contributed by atoms with Crippen LogP contribution in [0.25, 0.3) is 0 Å². The van der Waals surface area contributed by atoms with E-state index in [-0.39, 0.29) is 11.4 Å². The van der Waals surface area contributed by atoms with E-state index in [9.17, 15) is 4.79 Å². The van der Waals surface area contributed by atoms with E-state index in [1.807, 2.05) is 12.1 Å². The van der Waals surface area contributed by atoms with E-state index in [1.165, 1.54) is 0 Å².